The van der Waals surface area contributed by atoms with Crippen molar-refractivity contribution in [2.24, 2.45) is 10.4 Å². The Hall–Kier alpha value is -0.580. The van der Waals surface area contributed by atoms with Gasteiger partial charge in [0.2, 0.25) is 5.91 Å². The lowest BCUT2D eigenvalue weighted by Gasteiger charge is -2.22. The van der Waals surface area contributed by atoms with Crippen molar-refractivity contribution in [1.29, 1.82) is 0 Å². The smallest absolute Gasteiger partial charge is 0.227 e. The van der Waals surface area contributed by atoms with Crippen molar-refractivity contribution in [3.05, 3.63) is 0 Å². The molecule has 9 heteroatoms. The first-order valence-corrected chi connectivity index (χ1v) is 9.56. The number of sulfone groups is 1. The van der Waals surface area contributed by atoms with E-state index in [0.29, 0.717) is 32.0 Å². The molecule has 0 spiro atoms. The summed E-state index contributed by atoms with van der Waals surface area (Å²) < 4.78 is 23.0. The maximum absolute atomic E-state index is 12.0. The highest BCUT2D eigenvalue weighted by atomic mass is 127. The number of hydrogen-bond acceptors (Lipinski definition) is 4. The molecule has 136 valence electrons. The van der Waals surface area contributed by atoms with Gasteiger partial charge in [-0.2, -0.15) is 0 Å². The minimum Gasteiger partial charge on any atom is -0.357 e. The molecule has 1 heterocycles. The van der Waals surface area contributed by atoms with Crippen LogP contribution in [-0.4, -0.2) is 57.5 Å². The molecule has 3 N–H and O–H groups in total. The molecule has 1 aliphatic heterocycles. The average molecular weight is 460 g/mol. The highest BCUT2D eigenvalue weighted by molar-refractivity contribution is 14.0. The Labute approximate surface area is 156 Å². The van der Waals surface area contributed by atoms with E-state index in [2.05, 4.69) is 20.9 Å². The summed E-state index contributed by atoms with van der Waals surface area (Å²) in [5, 5.41) is 9.03. The van der Waals surface area contributed by atoms with Crippen LogP contribution in [0.3, 0.4) is 0 Å². The fraction of sp³-hybridized carbons (Fsp3) is 0.857. The van der Waals surface area contributed by atoms with Crippen LogP contribution >= 0.6 is 24.0 Å². The molecule has 1 atom stereocenters. The van der Waals surface area contributed by atoms with Gasteiger partial charge in [-0.05, 0) is 34.1 Å². The van der Waals surface area contributed by atoms with Crippen molar-refractivity contribution < 1.29 is 13.2 Å². The van der Waals surface area contributed by atoms with Crippen molar-refractivity contribution >= 4 is 45.7 Å². The van der Waals surface area contributed by atoms with E-state index in [9.17, 15) is 13.2 Å². The van der Waals surface area contributed by atoms with Gasteiger partial charge in [-0.25, -0.2) is 8.42 Å². The van der Waals surface area contributed by atoms with Crippen LogP contribution in [-0.2, 0) is 14.6 Å². The summed E-state index contributed by atoms with van der Waals surface area (Å²) in [6.45, 7) is 9.09. The fourth-order valence-corrected chi connectivity index (χ4v) is 3.84. The molecule has 1 aliphatic rings. The summed E-state index contributed by atoms with van der Waals surface area (Å²) in [4.78, 5) is 16.4. The van der Waals surface area contributed by atoms with Gasteiger partial charge >= 0.3 is 0 Å². The van der Waals surface area contributed by atoms with Gasteiger partial charge in [0.25, 0.3) is 0 Å². The van der Waals surface area contributed by atoms with Crippen LogP contribution in [0, 0.1) is 5.41 Å². The molecule has 0 saturated carbocycles. The van der Waals surface area contributed by atoms with Gasteiger partial charge < -0.3 is 16.0 Å². The second-order valence-corrected chi connectivity index (χ2v) is 8.41. The quantitative estimate of drug-likeness (QED) is 0.305. The van der Waals surface area contributed by atoms with Crippen molar-refractivity contribution in [3.63, 3.8) is 0 Å². The molecule has 0 bridgehead atoms. The van der Waals surface area contributed by atoms with Gasteiger partial charge in [0.15, 0.2) is 15.8 Å². The van der Waals surface area contributed by atoms with Crippen molar-refractivity contribution in [1.82, 2.24) is 16.0 Å². The van der Waals surface area contributed by atoms with Crippen LogP contribution < -0.4 is 16.0 Å². The van der Waals surface area contributed by atoms with Crippen LogP contribution in [0.2, 0.25) is 0 Å². The summed E-state index contributed by atoms with van der Waals surface area (Å²) in [5.41, 5.74) is -0.611. The number of nitrogens with one attached hydrogen (secondary N) is 3. The SMILES string of the molecule is CCNC(=O)C(C)(C)CN=C(NCC)NC1CCS(=O)(=O)C1.I. The first-order valence-electron chi connectivity index (χ1n) is 7.73. The maximum Gasteiger partial charge on any atom is 0.227 e. The van der Waals surface area contributed by atoms with Crippen LogP contribution in [0.1, 0.15) is 34.1 Å². The molecule has 1 saturated heterocycles. The molecule has 1 rings (SSSR count). The largest absolute Gasteiger partial charge is 0.357 e. The highest BCUT2D eigenvalue weighted by Gasteiger charge is 2.29. The van der Waals surface area contributed by atoms with Gasteiger partial charge in [0, 0.05) is 19.1 Å². The summed E-state index contributed by atoms with van der Waals surface area (Å²) in [6, 6.07) is -0.115. The molecule has 0 aliphatic carbocycles. The zero-order chi connectivity index (χ0) is 16.8. The lowest BCUT2D eigenvalue weighted by molar-refractivity contribution is -0.128. The number of halogens is 1. The highest BCUT2D eigenvalue weighted by Crippen LogP contribution is 2.16. The molecule has 0 aromatic heterocycles. The normalized spacial score (nSPS) is 20.5. The van der Waals surface area contributed by atoms with Crippen molar-refractivity contribution in [2.45, 2.75) is 40.2 Å². The lowest BCUT2D eigenvalue weighted by atomic mass is 9.92. The number of amides is 1. The van der Waals surface area contributed by atoms with Gasteiger partial charge in [0.1, 0.15) is 0 Å². The first kappa shape index (κ1) is 22.4. The van der Waals surface area contributed by atoms with E-state index in [1.54, 1.807) is 0 Å². The Balaban J connectivity index is 0.00000484. The van der Waals surface area contributed by atoms with Crippen LogP contribution in [0.15, 0.2) is 4.99 Å². The van der Waals surface area contributed by atoms with E-state index in [4.69, 9.17) is 0 Å². The molecule has 0 aromatic carbocycles. The summed E-state index contributed by atoms with van der Waals surface area (Å²) >= 11 is 0. The summed E-state index contributed by atoms with van der Waals surface area (Å²) in [6.07, 6.45) is 0.590. The first-order chi connectivity index (χ1) is 10.2. The summed E-state index contributed by atoms with van der Waals surface area (Å²) in [5.74, 6) is 0.867. The standard InChI is InChI=1S/C14H28N4O3S.HI/c1-5-15-12(19)14(3,4)10-17-13(16-6-2)18-11-7-8-22(20,21)9-11;/h11H,5-10H2,1-4H3,(H,15,19)(H2,16,17,18);1H. The van der Waals surface area contributed by atoms with Gasteiger partial charge in [-0.3, -0.25) is 9.79 Å². The molecule has 23 heavy (non-hydrogen) atoms. The zero-order valence-electron chi connectivity index (χ0n) is 14.3. The molecule has 0 radical (unpaired) electrons. The van der Waals surface area contributed by atoms with E-state index in [1.807, 2.05) is 27.7 Å². The third kappa shape index (κ3) is 7.69. The topological polar surface area (TPSA) is 99.7 Å². The molecule has 0 aromatic rings. The number of carbonyl (C=O) groups excluding carboxylic acids is 1. The number of carbonyl (C=O) groups is 1. The van der Waals surface area contributed by atoms with E-state index in [1.165, 1.54) is 0 Å². The number of nitrogens with zero attached hydrogens (tertiary/aromatic N) is 1. The number of rotatable bonds is 6. The number of aliphatic imine (C=N–C) groups is 1. The van der Waals surface area contributed by atoms with Gasteiger partial charge in [-0.15, -0.1) is 24.0 Å². The Bertz CT molecular complexity index is 520. The molecule has 1 fully saturated rings. The van der Waals surface area contributed by atoms with E-state index >= 15 is 0 Å². The molecular weight excluding hydrogens is 431 g/mol. The third-order valence-electron chi connectivity index (χ3n) is 3.50. The molecular formula is C14H29IN4O3S. The fourth-order valence-electron chi connectivity index (χ4n) is 2.17. The average Bonchev–Trinajstić information content (AvgIpc) is 2.76. The zero-order valence-corrected chi connectivity index (χ0v) is 17.5. The summed E-state index contributed by atoms with van der Waals surface area (Å²) in [7, 11) is -2.93. The Kier molecular flexibility index (Phi) is 9.41. The van der Waals surface area contributed by atoms with Crippen LogP contribution in [0.4, 0.5) is 0 Å². The maximum atomic E-state index is 12.0. The minimum atomic E-state index is -2.93. The van der Waals surface area contributed by atoms with Crippen molar-refractivity contribution in [2.75, 3.05) is 31.1 Å². The Morgan fingerprint density at radius 1 is 1.22 bits per heavy atom. The number of hydrogen-bond donors (Lipinski definition) is 3. The minimum absolute atomic E-state index is 0. The second-order valence-electron chi connectivity index (χ2n) is 6.18. The lowest BCUT2D eigenvalue weighted by Crippen LogP contribution is -2.45. The van der Waals surface area contributed by atoms with Gasteiger partial charge in [0.05, 0.1) is 23.5 Å². The van der Waals surface area contributed by atoms with E-state index < -0.39 is 15.3 Å². The van der Waals surface area contributed by atoms with E-state index in [0.717, 1.165) is 0 Å². The van der Waals surface area contributed by atoms with Crippen LogP contribution in [0.25, 0.3) is 0 Å². The monoisotopic (exact) mass is 460 g/mol. The van der Waals surface area contributed by atoms with Gasteiger partial charge in [-0.1, -0.05) is 0 Å². The molecule has 1 unspecified atom stereocenters. The third-order valence-corrected chi connectivity index (χ3v) is 5.27. The van der Waals surface area contributed by atoms with E-state index in [-0.39, 0.29) is 47.4 Å². The second kappa shape index (κ2) is 9.65. The molecule has 7 nitrogen and oxygen atoms in total. The predicted molar refractivity (Wildman–Crippen MR) is 104 cm³/mol. The predicted octanol–water partition coefficient (Wildman–Crippen LogP) is 0.509. The van der Waals surface area contributed by atoms with Crippen molar-refractivity contribution in [3.8, 4) is 0 Å². The van der Waals surface area contributed by atoms with Crippen LogP contribution in [0.5, 0.6) is 0 Å². The number of guanidine groups is 1. The Morgan fingerprint density at radius 2 is 1.83 bits per heavy atom. The Morgan fingerprint density at radius 3 is 2.30 bits per heavy atom. The molecule has 1 amide bonds.